The van der Waals surface area contributed by atoms with Gasteiger partial charge >= 0.3 is 0 Å². The highest BCUT2D eigenvalue weighted by atomic mass is 79.9. The van der Waals surface area contributed by atoms with E-state index >= 15 is 0 Å². The molecule has 0 aliphatic carbocycles. The Morgan fingerprint density at radius 2 is 1.82 bits per heavy atom. The molecule has 0 bridgehead atoms. The lowest BCUT2D eigenvalue weighted by Crippen LogP contribution is -2.13. The topological polar surface area (TPSA) is 71.3 Å². The predicted molar refractivity (Wildman–Crippen MR) is 134 cm³/mol. The molecule has 33 heavy (non-hydrogen) atoms. The zero-order valence-corrected chi connectivity index (χ0v) is 20.5. The van der Waals surface area contributed by atoms with Crippen LogP contribution in [0.25, 0.3) is 6.08 Å². The number of para-hydroxylation sites is 1. The summed E-state index contributed by atoms with van der Waals surface area (Å²) < 4.78 is 12.4. The molecule has 0 aliphatic rings. The largest absolute Gasteiger partial charge is 0.490 e. The van der Waals surface area contributed by atoms with Crippen LogP contribution in [0.4, 0.5) is 5.69 Å². The van der Waals surface area contributed by atoms with Gasteiger partial charge in [0.1, 0.15) is 18.2 Å². The highest BCUT2D eigenvalue weighted by Gasteiger charge is 2.15. The van der Waals surface area contributed by atoms with Crippen molar-refractivity contribution >= 4 is 45.2 Å². The predicted octanol–water partition coefficient (Wildman–Crippen LogP) is 6.93. The van der Waals surface area contributed by atoms with Gasteiger partial charge < -0.3 is 14.8 Å². The number of benzene rings is 3. The van der Waals surface area contributed by atoms with Crippen molar-refractivity contribution in [3.8, 4) is 17.6 Å². The molecule has 168 valence electrons. The van der Waals surface area contributed by atoms with Gasteiger partial charge in [-0.05, 0) is 55.3 Å². The van der Waals surface area contributed by atoms with Crippen molar-refractivity contribution in [2.24, 2.45) is 0 Å². The lowest BCUT2D eigenvalue weighted by molar-refractivity contribution is -0.112. The summed E-state index contributed by atoms with van der Waals surface area (Å²) in [5, 5.41) is 12.6. The van der Waals surface area contributed by atoms with Crippen molar-refractivity contribution in [3.63, 3.8) is 0 Å². The van der Waals surface area contributed by atoms with Crippen LogP contribution in [0.1, 0.15) is 23.6 Å². The summed E-state index contributed by atoms with van der Waals surface area (Å²) in [6.45, 7) is 4.72. The molecular formula is C26H22BrClN2O3. The van der Waals surface area contributed by atoms with Crippen molar-refractivity contribution in [1.82, 2.24) is 0 Å². The van der Waals surface area contributed by atoms with E-state index < -0.39 is 5.91 Å². The molecule has 0 aromatic heterocycles. The van der Waals surface area contributed by atoms with E-state index in [9.17, 15) is 10.1 Å². The lowest BCUT2D eigenvalue weighted by atomic mass is 10.1. The van der Waals surface area contributed by atoms with Crippen LogP contribution < -0.4 is 14.8 Å². The number of hydrogen-bond donors (Lipinski definition) is 1. The second-order valence-corrected chi connectivity index (χ2v) is 8.39. The van der Waals surface area contributed by atoms with E-state index in [1.807, 2.05) is 44.2 Å². The molecule has 0 atom stereocenters. The van der Waals surface area contributed by atoms with Gasteiger partial charge in [0.2, 0.25) is 0 Å². The van der Waals surface area contributed by atoms with Crippen molar-refractivity contribution in [2.75, 3.05) is 11.9 Å². The van der Waals surface area contributed by atoms with Crippen molar-refractivity contribution < 1.29 is 14.3 Å². The van der Waals surface area contributed by atoms with Gasteiger partial charge in [-0.15, -0.1) is 0 Å². The van der Waals surface area contributed by atoms with Gasteiger partial charge in [-0.3, -0.25) is 4.79 Å². The van der Waals surface area contributed by atoms with Crippen LogP contribution in [0, 0.1) is 18.3 Å². The third-order valence-electron chi connectivity index (χ3n) is 4.66. The van der Waals surface area contributed by atoms with Crippen molar-refractivity contribution in [3.05, 3.63) is 92.4 Å². The number of nitrogens with one attached hydrogen (secondary N) is 1. The molecule has 0 radical (unpaired) electrons. The highest BCUT2D eigenvalue weighted by molar-refractivity contribution is 9.10. The third kappa shape index (κ3) is 6.61. The number of halogens is 2. The van der Waals surface area contributed by atoms with Crippen molar-refractivity contribution in [1.29, 1.82) is 5.26 Å². The van der Waals surface area contributed by atoms with Gasteiger partial charge in [0.15, 0.2) is 11.5 Å². The molecule has 0 spiro atoms. The van der Waals surface area contributed by atoms with Gasteiger partial charge in [-0.2, -0.15) is 5.26 Å². The van der Waals surface area contributed by atoms with E-state index in [4.69, 9.17) is 21.1 Å². The Morgan fingerprint density at radius 3 is 2.48 bits per heavy atom. The normalized spacial score (nSPS) is 10.9. The summed E-state index contributed by atoms with van der Waals surface area (Å²) in [6.07, 6.45) is 1.49. The zero-order valence-electron chi connectivity index (χ0n) is 18.2. The number of rotatable bonds is 8. The average Bonchev–Trinajstić information content (AvgIpc) is 2.80. The highest BCUT2D eigenvalue weighted by Crippen LogP contribution is 2.35. The standard InChI is InChI=1S/C26H22BrClN2O3/c1-3-32-24-13-19(12-20(15-29)26(31)30-23-7-5-4-6-22(23)28)21(27)14-25(24)33-16-18-10-8-17(2)9-11-18/h4-14H,3,16H2,1-2H3,(H,30,31)/b20-12+. The molecule has 7 heteroatoms. The maximum Gasteiger partial charge on any atom is 0.266 e. The summed E-state index contributed by atoms with van der Waals surface area (Å²) in [7, 11) is 0. The second-order valence-electron chi connectivity index (χ2n) is 7.13. The number of amides is 1. The van der Waals surface area contributed by atoms with E-state index in [2.05, 4.69) is 21.2 Å². The fourth-order valence-corrected chi connectivity index (χ4v) is 3.56. The van der Waals surface area contributed by atoms with Crippen molar-refractivity contribution in [2.45, 2.75) is 20.5 Å². The van der Waals surface area contributed by atoms with Gasteiger partial charge in [0, 0.05) is 4.47 Å². The van der Waals surface area contributed by atoms with Gasteiger partial charge in [0.25, 0.3) is 5.91 Å². The first kappa shape index (κ1) is 24.4. The second kappa shape index (κ2) is 11.6. The Morgan fingerprint density at radius 1 is 1.12 bits per heavy atom. The Labute approximate surface area is 206 Å². The SMILES string of the molecule is CCOc1cc(/C=C(\C#N)C(=O)Nc2ccccc2Cl)c(Br)cc1OCc1ccc(C)cc1. The van der Waals surface area contributed by atoms with E-state index in [1.54, 1.807) is 36.4 Å². The molecule has 0 saturated carbocycles. The van der Waals surface area contributed by atoms with Crippen LogP contribution in [-0.4, -0.2) is 12.5 Å². The van der Waals surface area contributed by atoms with Crippen LogP contribution in [-0.2, 0) is 11.4 Å². The molecular weight excluding hydrogens is 504 g/mol. The number of aryl methyl sites for hydroxylation is 1. The molecule has 0 fully saturated rings. The third-order valence-corrected chi connectivity index (χ3v) is 5.68. The molecule has 0 aliphatic heterocycles. The molecule has 3 aromatic carbocycles. The van der Waals surface area contributed by atoms with Crippen LogP contribution in [0.5, 0.6) is 11.5 Å². The Bertz CT molecular complexity index is 1220. The number of nitriles is 1. The zero-order chi connectivity index (χ0) is 23.8. The minimum absolute atomic E-state index is 0.0774. The van der Waals surface area contributed by atoms with E-state index in [0.29, 0.717) is 45.5 Å². The number of anilines is 1. The van der Waals surface area contributed by atoms with E-state index in [1.165, 1.54) is 11.6 Å². The first-order valence-corrected chi connectivity index (χ1v) is 11.4. The van der Waals surface area contributed by atoms with Crippen LogP contribution >= 0.6 is 27.5 Å². The molecule has 1 N–H and O–H groups in total. The summed E-state index contributed by atoms with van der Waals surface area (Å²) in [5.41, 5.74) is 3.17. The minimum Gasteiger partial charge on any atom is -0.490 e. The fraction of sp³-hybridized carbons (Fsp3) is 0.154. The minimum atomic E-state index is -0.560. The Hall–Kier alpha value is -3.27. The maximum absolute atomic E-state index is 12.6. The quantitative estimate of drug-likeness (QED) is 0.256. The number of nitrogens with zero attached hydrogens (tertiary/aromatic N) is 1. The number of carbonyl (C=O) groups excluding carboxylic acids is 1. The molecule has 3 rings (SSSR count). The summed E-state index contributed by atoms with van der Waals surface area (Å²) in [5.74, 6) is 0.512. The van der Waals surface area contributed by atoms with E-state index in [0.717, 1.165) is 5.56 Å². The smallest absolute Gasteiger partial charge is 0.266 e. The van der Waals surface area contributed by atoms with E-state index in [-0.39, 0.29) is 5.57 Å². The summed E-state index contributed by atoms with van der Waals surface area (Å²) >= 11 is 9.61. The van der Waals surface area contributed by atoms with Gasteiger partial charge in [0.05, 0.1) is 17.3 Å². The number of ether oxygens (including phenoxy) is 2. The first-order valence-electron chi connectivity index (χ1n) is 10.2. The lowest BCUT2D eigenvalue weighted by Gasteiger charge is -2.14. The molecule has 0 unspecified atom stereocenters. The Kier molecular flexibility index (Phi) is 8.53. The molecule has 5 nitrogen and oxygen atoms in total. The molecule has 0 heterocycles. The van der Waals surface area contributed by atoms with Gasteiger partial charge in [-0.1, -0.05) is 69.5 Å². The summed E-state index contributed by atoms with van der Waals surface area (Å²) in [4.78, 5) is 12.6. The monoisotopic (exact) mass is 524 g/mol. The van der Waals surface area contributed by atoms with Gasteiger partial charge in [-0.25, -0.2) is 0 Å². The fourth-order valence-electron chi connectivity index (χ4n) is 2.94. The number of carbonyl (C=O) groups is 1. The first-order chi connectivity index (χ1) is 15.9. The maximum atomic E-state index is 12.6. The van der Waals surface area contributed by atoms with Crippen LogP contribution in [0.2, 0.25) is 5.02 Å². The average molecular weight is 526 g/mol. The number of hydrogen-bond acceptors (Lipinski definition) is 4. The molecule has 1 amide bonds. The summed E-state index contributed by atoms with van der Waals surface area (Å²) in [6, 6.07) is 20.4. The molecule has 0 saturated heterocycles. The van der Waals surface area contributed by atoms with Crippen LogP contribution in [0.15, 0.2) is 70.7 Å². The molecule has 3 aromatic rings. The van der Waals surface area contributed by atoms with Crippen LogP contribution in [0.3, 0.4) is 0 Å². The Balaban J connectivity index is 1.85.